The maximum absolute atomic E-state index is 12.5. The van der Waals surface area contributed by atoms with Crippen LogP contribution in [0.4, 0.5) is 18.9 Å². The molecule has 0 aromatic heterocycles. The zero-order valence-electron chi connectivity index (χ0n) is 13.3. The second kappa shape index (κ2) is 6.44. The summed E-state index contributed by atoms with van der Waals surface area (Å²) in [4.78, 5) is 0. The third-order valence-electron chi connectivity index (χ3n) is 3.40. The van der Waals surface area contributed by atoms with Crippen LogP contribution in [0.1, 0.15) is 37.5 Å². The Morgan fingerprint density at radius 3 is 1.83 bits per heavy atom. The molecule has 23 heavy (non-hydrogen) atoms. The molecular formula is C18H19F3N2. The zero-order valence-corrected chi connectivity index (χ0v) is 13.3. The van der Waals surface area contributed by atoms with Crippen LogP contribution in [0.25, 0.3) is 0 Å². The van der Waals surface area contributed by atoms with Gasteiger partial charge in [-0.05, 0) is 40.8 Å². The van der Waals surface area contributed by atoms with Gasteiger partial charge in [0.2, 0.25) is 0 Å². The number of rotatable bonds is 3. The first-order valence-corrected chi connectivity index (χ1v) is 7.23. The van der Waals surface area contributed by atoms with Crippen molar-refractivity contribution < 1.29 is 13.2 Å². The number of nitrogens with one attached hydrogen (secondary N) is 1. The van der Waals surface area contributed by atoms with Crippen molar-refractivity contribution >= 4 is 11.9 Å². The van der Waals surface area contributed by atoms with Gasteiger partial charge in [0, 0.05) is 0 Å². The Bertz CT molecular complexity index is 663. The Morgan fingerprint density at radius 1 is 0.826 bits per heavy atom. The predicted octanol–water partition coefficient (Wildman–Crippen LogP) is 5.45. The minimum Gasteiger partial charge on any atom is -0.279 e. The highest BCUT2D eigenvalue weighted by atomic mass is 19.4. The van der Waals surface area contributed by atoms with Gasteiger partial charge in [0.05, 0.1) is 17.5 Å². The number of nitrogens with zero attached hydrogens (tertiary/aromatic N) is 1. The van der Waals surface area contributed by atoms with Crippen LogP contribution in [-0.4, -0.2) is 6.21 Å². The van der Waals surface area contributed by atoms with Gasteiger partial charge in [0.15, 0.2) is 0 Å². The first-order chi connectivity index (χ1) is 10.7. The van der Waals surface area contributed by atoms with Gasteiger partial charge in [-0.1, -0.05) is 45.0 Å². The van der Waals surface area contributed by atoms with Gasteiger partial charge in [-0.15, -0.1) is 0 Å². The van der Waals surface area contributed by atoms with Crippen molar-refractivity contribution in [1.82, 2.24) is 0 Å². The minimum absolute atomic E-state index is 0.0914. The molecule has 0 bridgehead atoms. The first kappa shape index (κ1) is 17.1. The number of anilines is 1. The van der Waals surface area contributed by atoms with Crippen LogP contribution >= 0.6 is 0 Å². The molecule has 0 saturated carbocycles. The highest BCUT2D eigenvalue weighted by Gasteiger charge is 2.29. The van der Waals surface area contributed by atoms with Crippen molar-refractivity contribution in [3.05, 3.63) is 65.2 Å². The monoisotopic (exact) mass is 320 g/mol. The van der Waals surface area contributed by atoms with Crippen LogP contribution in [-0.2, 0) is 11.6 Å². The van der Waals surface area contributed by atoms with Crippen LogP contribution < -0.4 is 5.43 Å². The van der Waals surface area contributed by atoms with Gasteiger partial charge >= 0.3 is 6.18 Å². The molecule has 0 amide bonds. The van der Waals surface area contributed by atoms with Gasteiger partial charge in [-0.2, -0.15) is 18.3 Å². The molecule has 2 rings (SSSR count). The molecule has 5 heteroatoms. The summed E-state index contributed by atoms with van der Waals surface area (Å²) in [5.41, 5.74) is 4.78. The van der Waals surface area contributed by atoms with Crippen LogP contribution in [0.15, 0.2) is 53.6 Å². The molecular weight excluding hydrogens is 301 g/mol. The standard InChI is InChI=1S/C18H19F3N2/c1-17(2,3)14-6-4-13(5-7-14)12-22-23-16-10-8-15(9-11-16)18(19,20)21/h4-12,23H,1-3H3. The molecule has 0 saturated heterocycles. The van der Waals surface area contributed by atoms with Crippen molar-refractivity contribution in [1.29, 1.82) is 0 Å². The average Bonchev–Trinajstić information content (AvgIpc) is 2.46. The van der Waals surface area contributed by atoms with Gasteiger partial charge in [0.1, 0.15) is 0 Å². The van der Waals surface area contributed by atoms with E-state index in [1.807, 2.05) is 24.3 Å². The van der Waals surface area contributed by atoms with Crippen molar-refractivity contribution in [3.8, 4) is 0 Å². The predicted molar refractivity (Wildman–Crippen MR) is 87.8 cm³/mol. The first-order valence-electron chi connectivity index (χ1n) is 7.23. The van der Waals surface area contributed by atoms with Gasteiger partial charge in [-0.25, -0.2) is 0 Å². The molecule has 0 aliphatic rings. The lowest BCUT2D eigenvalue weighted by atomic mass is 9.87. The molecule has 0 aliphatic heterocycles. The second-order valence-corrected chi connectivity index (χ2v) is 6.32. The zero-order chi connectivity index (χ0) is 17.1. The molecule has 0 radical (unpaired) electrons. The van der Waals surface area contributed by atoms with Crippen molar-refractivity contribution in [2.24, 2.45) is 5.10 Å². The summed E-state index contributed by atoms with van der Waals surface area (Å²) in [5.74, 6) is 0. The Hall–Kier alpha value is -2.30. The molecule has 0 unspecified atom stereocenters. The van der Waals surface area contributed by atoms with Crippen molar-refractivity contribution in [2.45, 2.75) is 32.4 Å². The third-order valence-corrected chi connectivity index (χ3v) is 3.40. The summed E-state index contributed by atoms with van der Waals surface area (Å²) < 4.78 is 37.4. The van der Waals surface area contributed by atoms with E-state index in [4.69, 9.17) is 0 Å². The molecule has 0 spiro atoms. The van der Waals surface area contributed by atoms with Crippen LogP contribution in [0.3, 0.4) is 0 Å². The molecule has 2 nitrogen and oxygen atoms in total. The number of hydrogen-bond acceptors (Lipinski definition) is 2. The molecule has 0 fully saturated rings. The number of benzene rings is 2. The summed E-state index contributed by atoms with van der Waals surface area (Å²) >= 11 is 0. The lowest BCUT2D eigenvalue weighted by Gasteiger charge is -2.18. The Kier molecular flexibility index (Phi) is 4.78. The van der Waals surface area contributed by atoms with Gasteiger partial charge in [0.25, 0.3) is 0 Å². The van der Waals surface area contributed by atoms with E-state index in [9.17, 15) is 13.2 Å². The molecule has 1 N–H and O–H groups in total. The third kappa shape index (κ3) is 4.84. The Morgan fingerprint density at radius 2 is 1.35 bits per heavy atom. The Labute approximate surface area is 134 Å². The fourth-order valence-electron chi connectivity index (χ4n) is 1.98. The number of hydrogen-bond donors (Lipinski definition) is 1. The minimum atomic E-state index is -4.32. The second-order valence-electron chi connectivity index (χ2n) is 6.32. The summed E-state index contributed by atoms with van der Waals surface area (Å²) in [6, 6.07) is 12.7. The smallest absolute Gasteiger partial charge is 0.279 e. The SMILES string of the molecule is CC(C)(C)c1ccc(C=NNc2ccc(C(F)(F)F)cc2)cc1. The summed E-state index contributed by atoms with van der Waals surface area (Å²) in [5, 5.41) is 4.04. The quantitative estimate of drug-likeness (QED) is 0.590. The largest absolute Gasteiger partial charge is 0.416 e. The molecule has 2 aromatic rings. The van der Waals surface area contributed by atoms with E-state index in [1.54, 1.807) is 6.21 Å². The van der Waals surface area contributed by atoms with Crippen LogP contribution in [0.5, 0.6) is 0 Å². The van der Waals surface area contributed by atoms with E-state index < -0.39 is 11.7 Å². The lowest BCUT2D eigenvalue weighted by Crippen LogP contribution is -2.10. The summed E-state index contributed by atoms with van der Waals surface area (Å²) in [6.45, 7) is 6.42. The number of hydrazone groups is 1. The number of alkyl halides is 3. The summed E-state index contributed by atoms with van der Waals surface area (Å²) in [6.07, 6.45) is -2.69. The fourth-order valence-corrected chi connectivity index (χ4v) is 1.98. The van der Waals surface area contributed by atoms with E-state index in [-0.39, 0.29) is 5.41 Å². The van der Waals surface area contributed by atoms with Crippen molar-refractivity contribution in [3.63, 3.8) is 0 Å². The molecule has 122 valence electrons. The normalized spacial score (nSPS) is 12.6. The summed E-state index contributed by atoms with van der Waals surface area (Å²) in [7, 11) is 0. The van der Waals surface area contributed by atoms with E-state index in [1.165, 1.54) is 17.7 Å². The fraction of sp³-hybridized carbons (Fsp3) is 0.278. The topological polar surface area (TPSA) is 24.4 Å². The van der Waals surface area contributed by atoms with Crippen LogP contribution in [0, 0.1) is 0 Å². The number of halogens is 3. The molecule has 0 atom stereocenters. The van der Waals surface area contributed by atoms with Crippen LogP contribution in [0.2, 0.25) is 0 Å². The molecule has 0 heterocycles. The highest BCUT2D eigenvalue weighted by molar-refractivity contribution is 5.80. The van der Waals surface area contributed by atoms with Gasteiger partial charge < -0.3 is 0 Å². The maximum atomic E-state index is 12.5. The van der Waals surface area contributed by atoms with E-state index >= 15 is 0 Å². The average molecular weight is 320 g/mol. The molecule has 0 aliphatic carbocycles. The van der Waals surface area contributed by atoms with E-state index in [2.05, 4.69) is 31.3 Å². The van der Waals surface area contributed by atoms with Crippen molar-refractivity contribution in [2.75, 3.05) is 5.43 Å². The van der Waals surface area contributed by atoms with E-state index in [0.717, 1.165) is 17.7 Å². The Balaban J connectivity index is 1.99. The maximum Gasteiger partial charge on any atom is 0.416 e. The highest BCUT2D eigenvalue weighted by Crippen LogP contribution is 2.29. The molecule has 2 aromatic carbocycles. The van der Waals surface area contributed by atoms with E-state index in [0.29, 0.717) is 5.69 Å². The lowest BCUT2D eigenvalue weighted by molar-refractivity contribution is -0.137. The van der Waals surface area contributed by atoms with Gasteiger partial charge in [-0.3, -0.25) is 5.43 Å².